The molecule has 1 saturated carbocycles. The average Bonchev–Trinajstić information content (AvgIpc) is 2.49. The number of rotatable bonds is 7. The smallest absolute Gasteiger partial charge is 0.168 e. The molecule has 0 unspecified atom stereocenters. The Morgan fingerprint density at radius 3 is 2.29 bits per heavy atom. The molecule has 3 nitrogen and oxygen atoms in total. The normalized spacial score (nSPS) is 16.0. The van der Waals surface area contributed by atoms with Gasteiger partial charge >= 0.3 is 0 Å². The highest BCUT2D eigenvalue weighted by atomic mass is 19.1. The molecule has 1 aromatic heterocycles. The first-order valence-corrected chi connectivity index (χ1v) is 8.04. The van der Waals surface area contributed by atoms with Gasteiger partial charge in [0.2, 0.25) is 0 Å². The van der Waals surface area contributed by atoms with Gasteiger partial charge in [-0.15, -0.1) is 0 Å². The fourth-order valence-corrected chi connectivity index (χ4v) is 2.83. The minimum atomic E-state index is -0.640. The molecule has 1 aliphatic rings. The molecule has 2 rings (SSSR count). The molecule has 0 bridgehead atoms. The minimum Gasteiger partial charge on any atom is -0.368 e. The topological polar surface area (TPSA) is 37.0 Å². The highest BCUT2D eigenvalue weighted by molar-refractivity contribution is 5.47. The van der Waals surface area contributed by atoms with Gasteiger partial charge in [-0.25, -0.2) is 13.8 Å². The van der Waals surface area contributed by atoms with E-state index in [0.717, 1.165) is 24.8 Å². The quantitative estimate of drug-likeness (QED) is 0.774. The van der Waals surface area contributed by atoms with Crippen LogP contribution in [0.2, 0.25) is 0 Å². The fourth-order valence-electron chi connectivity index (χ4n) is 2.83. The van der Waals surface area contributed by atoms with Crippen molar-refractivity contribution >= 4 is 11.6 Å². The summed E-state index contributed by atoms with van der Waals surface area (Å²) in [5.41, 5.74) is 0. The molecule has 21 heavy (non-hydrogen) atoms. The van der Waals surface area contributed by atoms with E-state index in [1.807, 2.05) is 6.92 Å². The van der Waals surface area contributed by atoms with Gasteiger partial charge in [-0.1, -0.05) is 39.0 Å². The van der Waals surface area contributed by atoms with E-state index in [0.29, 0.717) is 13.1 Å². The third-order valence-corrected chi connectivity index (χ3v) is 4.04. The van der Waals surface area contributed by atoms with Crippen LogP contribution in [0.5, 0.6) is 0 Å². The van der Waals surface area contributed by atoms with Crippen LogP contribution in [0, 0.1) is 17.6 Å². The van der Waals surface area contributed by atoms with Gasteiger partial charge in [0.25, 0.3) is 0 Å². The fraction of sp³-hybridized carbons (Fsp3) is 0.688. The van der Waals surface area contributed by atoms with E-state index in [2.05, 4.69) is 15.6 Å². The van der Waals surface area contributed by atoms with E-state index in [4.69, 9.17) is 0 Å². The van der Waals surface area contributed by atoms with E-state index in [-0.39, 0.29) is 11.6 Å². The Bertz CT molecular complexity index is 445. The van der Waals surface area contributed by atoms with E-state index >= 15 is 0 Å². The first kappa shape index (κ1) is 16.0. The molecule has 1 aromatic rings. The Kier molecular flexibility index (Phi) is 6.21. The van der Waals surface area contributed by atoms with Gasteiger partial charge in [-0.05, 0) is 18.8 Å². The van der Waals surface area contributed by atoms with Crippen LogP contribution in [0.3, 0.4) is 0 Å². The van der Waals surface area contributed by atoms with Crippen molar-refractivity contribution in [1.82, 2.24) is 4.98 Å². The zero-order valence-electron chi connectivity index (χ0n) is 12.7. The summed E-state index contributed by atoms with van der Waals surface area (Å²) >= 11 is 0. The second kappa shape index (κ2) is 8.15. The highest BCUT2D eigenvalue weighted by Crippen LogP contribution is 2.26. The monoisotopic (exact) mass is 297 g/mol. The number of nitrogens with one attached hydrogen (secondary N) is 2. The maximum atomic E-state index is 13.7. The van der Waals surface area contributed by atoms with E-state index < -0.39 is 11.6 Å². The Labute approximate surface area is 125 Å². The number of hydrogen-bond acceptors (Lipinski definition) is 3. The van der Waals surface area contributed by atoms with Crippen molar-refractivity contribution in [2.24, 2.45) is 5.92 Å². The predicted octanol–water partition coefficient (Wildman–Crippen LogP) is 4.56. The van der Waals surface area contributed by atoms with Gasteiger partial charge < -0.3 is 10.6 Å². The molecule has 1 heterocycles. The number of hydrogen-bond donors (Lipinski definition) is 2. The second-order valence-corrected chi connectivity index (χ2v) is 5.80. The van der Waals surface area contributed by atoms with Crippen LogP contribution in [-0.2, 0) is 0 Å². The van der Waals surface area contributed by atoms with Crippen molar-refractivity contribution in [3.05, 3.63) is 17.7 Å². The molecular formula is C16H25F2N3. The number of nitrogens with zero attached hydrogens (tertiary/aromatic N) is 1. The first-order chi connectivity index (χ1) is 10.2. The molecule has 0 radical (unpaired) electrons. The number of halogens is 2. The summed E-state index contributed by atoms with van der Waals surface area (Å²) in [4.78, 5) is 4.02. The Hall–Kier alpha value is -1.39. The van der Waals surface area contributed by atoms with Crippen molar-refractivity contribution < 1.29 is 8.78 Å². The lowest BCUT2D eigenvalue weighted by molar-refractivity contribution is 0.345. The first-order valence-electron chi connectivity index (χ1n) is 8.04. The summed E-state index contributed by atoms with van der Waals surface area (Å²) in [5, 5.41) is 5.89. The summed E-state index contributed by atoms with van der Waals surface area (Å²) in [5.74, 6) is -0.270. The molecule has 5 heteroatoms. The molecule has 0 aliphatic heterocycles. The van der Waals surface area contributed by atoms with E-state index in [1.165, 1.54) is 32.1 Å². The van der Waals surface area contributed by atoms with Crippen LogP contribution in [0.25, 0.3) is 0 Å². The molecule has 0 saturated heterocycles. The zero-order valence-corrected chi connectivity index (χ0v) is 12.7. The Morgan fingerprint density at radius 2 is 1.67 bits per heavy atom. The number of pyridine rings is 1. The summed E-state index contributed by atoms with van der Waals surface area (Å²) in [6.45, 7) is 3.29. The lowest BCUT2D eigenvalue weighted by atomic mass is 9.87. The molecule has 0 aromatic carbocycles. The van der Waals surface area contributed by atoms with Crippen LogP contribution in [0.4, 0.5) is 20.4 Å². The molecule has 2 N–H and O–H groups in total. The van der Waals surface area contributed by atoms with Gasteiger partial charge in [0, 0.05) is 19.2 Å². The van der Waals surface area contributed by atoms with E-state index in [9.17, 15) is 8.78 Å². The standard InChI is InChI=1S/C16H25F2N3/c1-2-9-19-15-13(17)11-14(18)16(21-15)20-10-8-12-6-4-3-5-7-12/h11-12H,2-10H2,1H3,(H2,19,20,21). The summed E-state index contributed by atoms with van der Waals surface area (Å²) in [7, 11) is 0. The van der Waals surface area contributed by atoms with Crippen LogP contribution in [-0.4, -0.2) is 18.1 Å². The SMILES string of the molecule is CCCNc1nc(NCCC2CCCCC2)c(F)cc1F. The molecule has 0 atom stereocenters. The lowest BCUT2D eigenvalue weighted by Gasteiger charge is -2.21. The number of anilines is 2. The highest BCUT2D eigenvalue weighted by Gasteiger charge is 2.14. The lowest BCUT2D eigenvalue weighted by Crippen LogP contribution is -2.14. The second-order valence-electron chi connectivity index (χ2n) is 5.80. The third kappa shape index (κ3) is 4.83. The van der Waals surface area contributed by atoms with Crippen molar-refractivity contribution in [3.8, 4) is 0 Å². The van der Waals surface area contributed by atoms with Crippen LogP contribution in [0.15, 0.2) is 6.07 Å². The molecule has 1 aliphatic carbocycles. The Morgan fingerprint density at radius 1 is 1.05 bits per heavy atom. The predicted molar refractivity (Wildman–Crippen MR) is 82.6 cm³/mol. The van der Waals surface area contributed by atoms with Gasteiger partial charge in [-0.3, -0.25) is 0 Å². The van der Waals surface area contributed by atoms with Crippen molar-refractivity contribution in [2.75, 3.05) is 23.7 Å². The molecule has 1 fully saturated rings. The van der Waals surface area contributed by atoms with Crippen molar-refractivity contribution in [3.63, 3.8) is 0 Å². The molecule has 118 valence electrons. The summed E-state index contributed by atoms with van der Waals surface area (Å²) in [6, 6.07) is 0.897. The average molecular weight is 297 g/mol. The van der Waals surface area contributed by atoms with Crippen LogP contribution < -0.4 is 10.6 Å². The summed E-state index contributed by atoms with van der Waals surface area (Å²) < 4.78 is 27.3. The minimum absolute atomic E-state index is 0.124. The number of aromatic nitrogens is 1. The van der Waals surface area contributed by atoms with Crippen LogP contribution >= 0.6 is 0 Å². The van der Waals surface area contributed by atoms with Crippen molar-refractivity contribution in [1.29, 1.82) is 0 Å². The molecule has 0 spiro atoms. The maximum Gasteiger partial charge on any atom is 0.168 e. The van der Waals surface area contributed by atoms with E-state index in [1.54, 1.807) is 0 Å². The Balaban J connectivity index is 1.88. The van der Waals surface area contributed by atoms with Gasteiger partial charge in [-0.2, -0.15) is 0 Å². The zero-order chi connectivity index (χ0) is 15.1. The van der Waals surface area contributed by atoms with Gasteiger partial charge in [0.15, 0.2) is 23.3 Å². The summed E-state index contributed by atoms with van der Waals surface area (Å²) in [6.07, 6.45) is 8.37. The largest absolute Gasteiger partial charge is 0.368 e. The van der Waals surface area contributed by atoms with Gasteiger partial charge in [0.1, 0.15) is 0 Å². The maximum absolute atomic E-state index is 13.7. The van der Waals surface area contributed by atoms with Crippen LogP contribution in [0.1, 0.15) is 51.9 Å². The third-order valence-electron chi connectivity index (χ3n) is 4.04. The molecular weight excluding hydrogens is 272 g/mol. The van der Waals surface area contributed by atoms with Crippen molar-refractivity contribution in [2.45, 2.75) is 51.9 Å². The molecule has 0 amide bonds. The van der Waals surface area contributed by atoms with Gasteiger partial charge in [0.05, 0.1) is 0 Å².